The molecule has 1 aromatic carbocycles. The van der Waals surface area contributed by atoms with E-state index in [1.54, 1.807) is 10.6 Å². The average molecular weight is 425 g/mol. The molecule has 9 heteroatoms. The highest BCUT2D eigenvalue weighted by Gasteiger charge is 2.30. The van der Waals surface area contributed by atoms with Crippen LogP contribution in [0, 0.1) is 5.92 Å². The molecule has 1 unspecified atom stereocenters. The van der Waals surface area contributed by atoms with E-state index in [0.717, 1.165) is 12.1 Å². The molecular weight excluding hydrogens is 399 g/mol. The molecule has 1 aromatic heterocycles. The summed E-state index contributed by atoms with van der Waals surface area (Å²) in [5.74, 6) is -1.06. The van der Waals surface area contributed by atoms with E-state index in [1.165, 1.54) is 25.5 Å². The molecule has 164 valence electrons. The lowest BCUT2D eigenvalue weighted by atomic mass is 9.99. The van der Waals surface area contributed by atoms with Crippen LogP contribution in [0.15, 0.2) is 36.8 Å². The first-order chi connectivity index (χ1) is 14.0. The Hall–Kier alpha value is -2.68. The van der Waals surface area contributed by atoms with Gasteiger partial charge in [-0.25, -0.2) is 4.98 Å². The summed E-state index contributed by atoms with van der Waals surface area (Å²) in [5.41, 5.74) is 0.217. The zero-order valence-electron chi connectivity index (χ0n) is 17.1. The fourth-order valence-electron chi connectivity index (χ4n) is 3.20. The number of Topliss-reactive ketones (excluding diaryl/α,β-unsaturated/α-hetero) is 1. The average Bonchev–Trinajstić information content (AvgIpc) is 3.06. The highest BCUT2D eigenvalue weighted by molar-refractivity contribution is 5.83. The number of carboxylic acid groups (broad SMARTS) is 1. The van der Waals surface area contributed by atoms with Crippen molar-refractivity contribution in [2.24, 2.45) is 5.92 Å². The van der Waals surface area contributed by atoms with Gasteiger partial charge < -0.3 is 9.67 Å². The van der Waals surface area contributed by atoms with Gasteiger partial charge in [0.2, 0.25) is 0 Å². The van der Waals surface area contributed by atoms with Crippen LogP contribution >= 0.6 is 0 Å². The van der Waals surface area contributed by atoms with E-state index < -0.39 is 29.8 Å². The number of carbonyl (C=O) groups excluding carboxylic acids is 1. The topological polar surface area (TPSA) is 84.2 Å². The SMILES string of the molecule is CC(=O)C(CC(C)C)N[C@@H](Cc1cncn1Cc1cccc(C(F)(F)F)c1)C(=O)O. The van der Waals surface area contributed by atoms with Crippen LogP contribution in [0.25, 0.3) is 0 Å². The fraction of sp³-hybridized carbons (Fsp3) is 0.476. The van der Waals surface area contributed by atoms with Crippen LogP contribution in [-0.4, -0.2) is 38.5 Å². The number of aliphatic carboxylic acids is 1. The van der Waals surface area contributed by atoms with Crippen LogP contribution in [0.5, 0.6) is 0 Å². The molecule has 0 amide bonds. The van der Waals surface area contributed by atoms with E-state index >= 15 is 0 Å². The van der Waals surface area contributed by atoms with E-state index in [2.05, 4.69) is 10.3 Å². The van der Waals surface area contributed by atoms with Crippen molar-refractivity contribution >= 4 is 11.8 Å². The lowest BCUT2D eigenvalue weighted by molar-refractivity contribution is -0.140. The van der Waals surface area contributed by atoms with Crippen molar-refractivity contribution in [3.8, 4) is 0 Å². The minimum Gasteiger partial charge on any atom is -0.480 e. The van der Waals surface area contributed by atoms with Crippen LogP contribution in [-0.2, 0) is 28.7 Å². The van der Waals surface area contributed by atoms with Crippen molar-refractivity contribution in [1.82, 2.24) is 14.9 Å². The third kappa shape index (κ3) is 6.69. The predicted molar refractivity (Wildman–Crippen MR) is 105 cm³/mol. The Kier molecular flexibility index (Phi) is 7.77. The molecule has 0 aliphatic carbocycles. The first-order valence-electron chi connectivity index (χ1n) is 9.61. The molecule has 0 aliphatic heterocycles. The van der Waals surface area contributed by atoms with Gasteiger partial charge in [0.15, 0.2) is 0 Å². The number of hydrogen-bond acceptors (Lipinski definition) is 4. The third-order valence-electron chi connectivity index (χ3n) is 4.72. The number of aromatic nitrogens is 2. The molecule has 2 N–H and O–H groups in total. The van der Waals surface area contributed by atoms with Gasteiger partial charge in [-0.2, -0.15) is 13.2 Å². The van der Waals surface area contributed by atoms with Crippen LogP contribution in [0.2, 0.25) is 0 Å². The first-order valence-corrected chi connectivity index (χ1v) is 9.61. The van der Waals surface area contributed by atoms with E-state index in [4.69, 9.17) is 0 Å². The quantitative estimate of drug-likeness (QED) is 0.608. The number of ketones is 1. The van der Waals surface area contributed by atoms with Crippen molar-refractivity contribution in [3.63, 3.8) is 0 Å². The summed E-state index contributed by atoms with van der Waals surface area (Å²) in [6, 6.07) is 3.34. The van der Waals surface area contributed by atoms with Gasteiger partial charge in [-0.05, 0) is 37.0 Å². The molecule has 2 aromatic rings. The second-order valence-corrected chi connectivity index (χ2v) is 7.77. The number of nitrogens with one attached hydrogen (secondary N) is 1. The van der Waals surface area contributed by atoms with Gasteiger partial charge in [-0.3, -0.25) is 14.9 Å². The Morgan fingerprint density at radius 3 is 2.50 bits per heavy atom. The minimum absolute atomic E-state index is 0.0379. The van der Waals surface area contributed by atoms with Crippen LogP contribution in [0.4, 0.5) is 13.2 Å². The normalized spacial score (nSPS) is 14.0. The Morgan fingerprint density at radius 2 is 1.93 bits per heavy atom. The summed E-state index contributed by atoms with van der Waals surface area (Å²) in [5, 5.41) is 12.5. The molecule has 0 bridgehead atoms. The number of benzene rings is 1. The van der Waals surface area contributed by atoms with Gasteiger partial charge in [0.25, 0.3) is 0 Å². The Bertz CT molecular complexity index is 878. The summed E-state index contributed by atoms with van der Waals surface area (Å²) in [6.45, 7) is 5.42. The van der Waals surface area contributed by atoms with Crippen molar-refractivity contribution in [2.45, 2.75) is 58.4 Å². The molecule has 0 spiro atoms. The molecule has 0 aliphatic rings. The smallest absolute Gasteiger partial charge is 0.416 e. The maximum Gasteiger partial charge on any atom is 0.416 e. The number of alkyl halides is 3. The second-order valence-electron chi connectivity index (χ2n) is 7.77. The number of nitrogens with zero attached hydrogens (tertiary/aromatic N) is 2. The summed E-state index contributed by atoms with van der Waals surface area (Å²) in [4.78, 5) is 27.7. The molecule has 0 saturated heterocycles. The van der Waals surface area contributed by atoms with Gasteiger partial charge in [0.1, 0.15) is 11.8 Å². The Balaban J connectivity index is 2.18. The zero-order valence-corrected chi connectivity index (χ0v) is 17.1. The lowest BCUT2D eigenvalue weighted by Gasteiger charge is -2.23. The van der Waals surface area contributed by atoms with Crippen molar-refractivity contribution in [1.29, 1.82) is 0 Å². The van der Waals surface area contributed by atoms with Gasteiger partial charge in [0.05, 0.1) is 17.9 Å². The first kappa shape index (κ1) is 23.6. The predicted octanol–water partition coefficient (Wildman–Crippen LogP) is 3.54. The summed E-state index contributed by atoms with van der Waals surface area (Å²) in [7, 11) is 0. The van der Waals surface area contributed by atoms with Crippen LogP contribution in [0.1, 0.15) is 44.0 Å². The molecule has 2 atom stereocenters. The van der Waals surface area contributed by atoms with Gasteiger partial charge in [0, 0.05) is 24.9 Å². The standard InChI is InChI=1S/C21H26F3N3O3/c1-13(2)7-18(14(3)28)26-19(20(29)30)9-17-10-25-12-27(17)11-15-5-4-6-16(8-15)21(22,23)24/h4-6,8,10,12-13,18-19,26H,7,9,11H2,1-3H3,(H,29,30)/t18?,19-/m0/s1. The van der Waals surface area contributed by atoms with Crippen LogP contribution in [0.3, 0.4) is 0 Å². The molecule has 2 rings (SSSR count). The van der Waals surface area contributed by atoms with E-state index in [-0.39, 0.29) is 24.7 Å². The van der Waals surface area contributed by atoms with E-state index in [0.29, 0.717) is 17.7 Å². The maximum absolute atomic E-state index is 12.9. The monoisotopic (exact) mass is 425 g/mol. The Labute approximate surface area is 173 Å². The fourth-order valence-corrected chi connectivity index (χ4v) is 3.20. The van der Waals surface area contributed by atoms with E-state index in [1.807, 2.05) is 13.8 Å². The summed E-state index contributed by atoms with van der Waals surface area (Å²) in [6.07, 6.45) is -0.968. The highest BCUT2D eigenvalue weighted by atomic mass is 19.4. The van der Waals surface area contributed by atoms with Crippen molar-refractivity contribution in [2.75, 3.05) is 0 Å². The largest absolute Gasteiger partial charge is 0.480 e. The van der Waals surface area contributed by atoms with Gasteiger partial charge in [-0.1, -0.05) is 26.0 Å². The van der Waals surface area contributed by atoms with Gasteiger partial charge in [-0.15, -0.1) is 0 Å². The number of imidazole rings is 1. The number of halogens is 3. The molecule has 0 saturated carbocycles. The molecule has 6 nitrogen and oxygen atoms in total. The molecular formula is C21H26F3N3O3. The van der Waals surface area contributed by atoms with Crippen molar-refractivity contribution < 1.29 is 27.9 Å². The molecule has 30 heavy (non-hydrogen) atoms. The highest BCUT2D eigenvalue weighted by Crippen LogP contribution is 2.29. The molecule has 1 heterocycles. The number of carbonyl (C=O) groups is 2. The number of carboxylic acids is 1. The Morgan fingerprint density at radius 1 is 1.23 bits per heavy atom. The molecule has 0 radical (unpaired) electrons. The maximum atomic E-state index is 12.9. The minimum atomic E-state index is -4.44. The summed E-state index contributed by atoms with van der Waals surface area (Å²) >= 11 is 0. The summed E-state index contributed by atoms with van der Waals surface area (Å²) < 4.78 is 40.4. The second kappa shape index (κ2) is 9.88. The number of rotatable bonds is 10. The third-order valence-corrected chi connectivity index (χ3v) is 4.72. The van der Waals surface area contributed by atoms with E-state index in [9.17, 15) is 27.9 Å². The van der Waals surface area contributed by atoms with Gasteiger partial charge >= 0.3 is 12.1 Å². The molecule has 0 fully saturated rings. The lowest BCUT2D eigenvalue weighted by Crippen LogP contribution is -2.48. The zero-order chi connectivity index (χ0) is 22.5. The van der Waals surface area contributed by atoms with Crippen LogP contribution < -0.4 is 5.32 Å². The van der Waals surface area contributed by atoms with Crippen molar-refractivity contribution in [3.05, 3.63) is 53.6 Å². The number of hydrogen-bond donors (Lipinski definition) is 2.